The first-order chi connectivity index (χ1) is 9.57. The van der Waals surface area contributed by atoms with E-state index in [9.17, 15) is 4.79 Å². The molecule has 4 nitrogen and oxygen atoms in total. The van der Waals surface area contributed by atoms with E-state index in [2.05, 4.69) is 33.3 Å². The molecule has 3 rings (SSSR count). The first kappa shape index (κ1) is 14.1. The van der Waals surface area contributed by atoms with Gasteiger partial charge in [0.05, 0.1) is 11.9 Å². The van der Waals surface area contributed by atoms with Gasteiger partial charge in [-0.2, -0.15) is 5.10 Å². The van der Waals surface area contributed by atoms with Gasteiger partial charge in [0, 0.05) is 13.1 Å². The molecule has 1 aromatic heterocycles. The molecule has 0 bridgehead atoms. The van der Waals surface area contributed by atoms with Crippen LogP contribution in [0.3, 0.4) is 0 Å². The fourth-order valence-corrected chi connectivity index (χ4v) is 3.42. The van der Waals surface area contributed by atoms with Crippen molar-refractivity contribution >= 4 is 21.6 Å². The van der Waals surface area contributed by atoms with Crippen molar-refractivity contribution in [3.05, 3.63) is 21.0 Å². The van der Waals surface area contributed by atoms with Crippen molar-refractivity contribution in [1.82, 2.24) is 9.78 Å². The summed E-state index contributed by atoms with van der Waals surface area (Å²) in [5.74, 6) is 0.656. The van der Waals surface area contributed by atoms with Crippen LogP contribution in [0.15, 0.2) is 15.5 Å². The van der Waals surface area contributed by atoms with Gasteiger partial charge in [0.25, 0.3) is 5.56 Å². The number of hydrogen-bond acceptors (Lipinski definition) is 3. The molecule has 2 saturated carbocycles. The fraction of sp³-hybridized carbons (Fsp3) is 0.733. The van der Waals surface area contributed by atoms with E-state index in [1.165, 1.54) is 38.5 Å². The van der Waals surface area contributed by atoms with E-state index in [-0.39, 0.29) is 5.56 Å². The van der Waals surface area contributed by atoms with E-state index in [1.54, 1.807) is 10.9 Å². The molecule has 0 saturated heterocycles. The van der Waals surface area contributed by atoms with Crippen LogP contribution in [0.25, 0.3) is 0 Å². The second-order valence-electron chi connectivity index (χ2n) is 6.67. The normalized spacial score (nSPS) is 21.1. The van der Waals surface area contributed by atoms with Gasteiger partial charge in [-0.15, -0.1) is 0 Å². The summed E-state index contributed by atoms with van der Waals surface area (Å²) in [4.78, 5) is 12.2. The molecular formula is C15H22BrN3O. The van der Waals surface area contributed by atoms with Gasteiger partial charge in [0.2, 0.25) is 0 Å². The summed E-state index contributed by atoms with van der Waals surface area (Å²) < 4.78 is 2.21. The van der Waals surface area contributed by atoms with Crippen molar-refractivity contribution in [3.8, 4) is 0 Å². The smallest absolute Gasteiger partial charge is 0.283 e. The van der Waals surface area contributed by atoms with Crippen LogP contribution in [0.4, 0.5) is 5.69 Å². The zero-order valence-corrected chi connectivity index (χ0v) is 13.6. The average molecular weight is 340 g/mol. The molecule has 0 spiro atoms. The summed E-state index contributed by atoms with van der Waals surface area (Å²) >= 11 is 3.43. The maximum absolute atomic E-state index is 12.2. The van der Waals surface area contributed by atoms with Crippen molar-refractivity contribution in [2.24, 2.45) is 11.3 Å². The van der Waals surface area contributed by atoms with E-state index < -0.39 is 0 Å². The van der Waals surface area contributed by atoms with Gasteiger partial charge >= 0.3 is 0 Å². The minimum absolute atomic E-state index is 0.0153. The summed E-state index contributed by atoms with van der Waals surface area (Å²) in [6, 6.07) is 0. The Bertz CT molecular complexity index is 545. The van der Waals surface area contributed by atoms with Gasteiger partial charge in [-0.3, -0.25) is 4.79 Å². The van der Waals surface area contributed by atoms with Crippen LogP contribution < -0.4 is 10.9 Å². The Morgan fingerprint density at radius 1 is 1.45 bits per heavy atom. The molecule has 0 atom stereocenters. The first-order valence-corrected chi connectivity index (χ1v) is 8.36. The van der Waals surface area contributed by atoms with E-state index in [0.29, 0.717) is 15.8 Å². The van der Waals surface area contributed by atoms with Crippen LogP contribution >= 0.6 is 15.9 Å². The summed E-state index contributed by atoms with van der Waals surface area (Å²) in [6.07, 6.45) is 9.41. The third kappa shape index (κ3) is 3.08. The fourth-order valence-electron chi connectivity index (χ4n) is 2.98. The largest absolute Gasteiger partial charge is 0.382 e. The number of aromatic nitrogens is 2. The minimum Gasteiger partial charge on any atom is -0.382 e. The van der Waals surface area contributed by atoms with Crippen molar-refractivity contribution in [3.63, 3.8) is 0 Å². The Labute approximate surface area is 128 Å². The summed E-state index contributed by atoms with van der Waals surface area (Å²) in [5.41, 5.74) is 1.18. The highest BCUT2D eigenvalue weighted by atomic mass is 79.9. The zero-order valence-electron chi connectivity index (χ0n) is 12.0. The van der Waals surface area contributed by atoms with Crippen molar-refractivity contribution in [2.75, 3.05) is 11.9 Å². The van der Waals surface area contributed by atoms with Crippen molar-refractivity contribution < 1.29 is 0 Å². The van der Waals surface area contributed by atoms with Gasteiger partial charge in [-0.1, -0.05) is 19.8 Å². The Morgan fingerprint density at radius 3 is 2.80 bits per heavy atom. The average Bonchev–Trinajstić information content (AvgIpc) is 3.14. The van der Waals surface area contributed by atoms with E-state index in [0.717, 1.165) is 18.8 Å². The lowest BCUT2D eigenvalue weighted by Crippen LogP contribution is -2.28. The van der Waals surface area contributed by atoms with E-state index >= 15 is 0 Å². The first-order valence-electron chi connectivity index (χ1n) is 7.57. The van der Waals surface area contributed by atoms with Gasteiger partial charge in [-0.25, -0.2) is 4.68 Å². The minimum atomic E-state index is -0.0153. The molecule has 2 aliphatic carbocycles. The highest BCUT2D eigenvalue weighted by Gasteiger charge is 2.28. The van der Waals surface area contributed by atoms with Crippen LogP contribution in [0.5, 0.6) is 0 Å². The zero-order chi connectivity index (χ0) is 14.2. The van der Waals surface area contributed by atoms with Gasteiger partial charge < -0.3 is 5.32 Å². The predicted molar refractivity (Wildman–Crippen MR) is 84.0 cm³/mol. The van der Waals surface area contributed by atoms with Crippen LogP contribution in [0.1, 0.15) is 45.4 Å². The molecule has 0 aliphatic heterocycles. The quantitative estimate of drug-likeness (QED) is 0.894. The highest BCUT2D eigenvalue weighted by molar-refractivity contribution is 9.10. The Hall–Kier alpha value is -0.840. The Morgan fingerprint density at radius 2 is 2.15 bits per heavy atom. The number of nitrogens with one attached hydrogen (secondary N) is 1. The third-order valence-corrected chi connectivity index (χ3v) is 5.40. The lowest BCUT2D eigenvalue weighted by Gasteiger charge is -2.24. The maximum atomic E-state index is 12.2. The monoisotopic (exact) mass is 339 g/mol. The van der Waals surface area contributed by atoms with Crippen molar-refractivity contribution in [1.29, 1.82) is 0 Å². The molecule has 1 N–H and O–H groups in total. The summed E-state index contributed by atoms with van der Waals surface area (Å²) in [5, 5.41) is 7.71. The number of rotatable bonds is 5. The second kappa shape index (κ2) is 5.51. The second-order valence-corrected chi connectivity index (χ2v) is 7.47. The lowest BCUT2D eigenvalue weighted by molar-refractivity contribution is 0.362. The molecule has 20 heavy (non-hydrogen) atoms. The van der Waals surface area contributed by atoms with Crippen LogP contribution in [0, 0.1) is 11.3 Å². The standard InChI is InChI=1S/C15H22BrN3O/c1-15(6-2-3-7-15)10-17-12-8-18-19(9-11-4-5-11)14(20)13(12)16/h8,11,17H,2-7,9-10H2,1H3. The molecule has 2 aliphatic rings. The molecule has 0 radical (unpaired) electrons. The summed E-state index contributed by atoms with van der Waals surface area (Å²) in [7, 11) is 0. The van der Waals surface area contributed by atoms with Gasteiger partial charge in [0.1, 0.15) is 4.47 Å². The molecule has 5 heteroatoms. The van der Waals surface area contributed by atoms with Crippen LogP contribution in [-0.4, -0.2) is 16.3 Å². The third-order valence-electron chi connectivity index (χ3n) is 4.63. The number of halogens is 1. The SMILES string of the molecule is CC1(CNc2cnn(CC3CC3)c(=O)c2Br)CCCC1. The molecule has 2 fully saturated rings. The number of nitrogens with zero attached hydrogens (tertiary/aromatic N) is 2. The Balaban J connectivity index is 1.70. The highest BCUT2D eigenvalue weighted by Crippen LogP contribution is 2.37. The Kier molecular flexibility index (Phi) is 3.89. The molecule has 1 heterocycles. The maximum Gasteiger partial charge on any atom is 0.283 e. The predicted octanol–water partition coefficient (Wildman–Crippen LogP) is 3.41. The van der Waals surface area contributed by atoms with E-state index in [1.807, 2.05) is 0 Å². The van der Waals surface area contributed by atoms with Gasteiger partial charge in [-0.05, 0) is 52.9 Å². The molecule has 110 valence electrons. The molecule has 0 amide bonds. The molecule has 0 aromatic carbocycles. The van der Waals surface area contributed by atoms with Crippen LogP contribution in [0.2, 0.25) is 0 Å². The number of hydrogen-bond donors (Lipinski definition) is 1. The molecule has 0 unspecified atom stereocenters. The molecular weight excluding hydrogens is 318 g/mol. The molecule has 1 aromatic rings. The topological polar surface area (TPSA) is 46.9 Å². The van der Waals surface area contributed by atoms with Crippen LogP contribution in [-0.2, 0) is 6.54 Å². The van der Waals surface area contributed by atoms with Crippen molar-refractivity contribution in [2.45, 2.75) is 52.0 Å². The summed E-state index contributed by atoms with van der Waals surface area (Å²) in [6.45, 7) is 4.00. The van der Waals surface area contributed by atoms with E-state index in [4.69, 9.17) is 0 Å². The van der Waals surface area contributed by atoms with Gasteiger partial charge in [0.15, 0.2) is 0 Å². The number of anilines is 1. The lowest BCUT2D eigenvalue weighted by atomic mass is 9.89.